The Morgan fingerprint density at radius 3 is 1.96 bits per heavy atom. The summed E-state index contributed by atoms with van der Waals surface area (Å²) in [5.41, 5.74) is 1.67. The van der Waals surface area contributed by atoms with Crippen molar-refractivity contribution in [3.05, 3.63) is 45.5 Å². The van der Waals surface area contributed by atoms with Crippen LogP contribution in [0.5, 0.6) is 0 Å². The molecule has 0 spiro atoms. The van der Waals surface area contributed by atoms with E-state index in [0.717, 1.165) is 11.1 Å². The number of hydrogen-bond acceptors (Lipinski definition) is 6. The van der Waals surface area contributed by atoms with Crippen LogP contribution in [0.4, 0.5) is 15.3 Å². The molecule has 1 saturated heterocycles. The molecular formula is C18H21N3O6. The lowest BCUT2D eigenvalue weighted by molar-refractivity contribution is -0.384. The van der Waals surface area contributed by atoms with E-state index in [2.05, 4.69) is 0 Å². The molecule has 1 aromatic carbocycles. The molecule has 9 heteroatoms. The number of hydrogen-bond donors (Lipinski definition) is 0. The standard InChI is InChI=1S/C18H21N3O6/c1-3-26-17(22)19-15-9-10-16(20(19)18(23)27-4-2)14(15)11-12-5-7-13(8-6-12)21(24)25/h5-8,11,15-16H,3-4,9-10H2,1-2H3/t15-,16+. The van der Waals surface area contributed by atoms with Crippen LogP contribution >= 0.6 is 0 Å². The van der Waals surface area contributed by atoms with Crippen molar-refractivity contribution in [1.82, 2.24) is 10.0 Å². The number of non-ortho nitro benzene ring substituents is 1. The zero-order valence-electron chi connectivity index (χ0n) is 15.2. The van der Waals surface area contributed by atoms with Crippen LogP contribution < -0.4 is 0 Å². The molecule has 2 amide bonds. The number of amides is 2. The van der Waals surface area contributed by atoms with Gasteiger partial charge in [0.15, 0.2) is 0 Å². The molecule has 3 rings (SSSR count). The van der Waals surface area contributed by atoms with Crippen LogP contribution in [0.1, 0.15) is 32.3 Å². The van der Waals surface area contributed by atoms with E-state index in [9.17, 15) is 19.7 Å². The summed E-state index contributed by atoms with van der Waals surface area (Å²) < 4.78 is 10.2. The Morgan fingerprint density at radius 2 is 1.56 bits per heavy atom. The number of nitro benzene ring substituents is 1. The van der Waals surface area contributed by atoms with Gasteiger partial charge in [0, 0.05) is 12.1 Å². The first-order chi connectivity index (χ1) is 13.0. The molecule has 1 aliphatic carbocycles. The summed E-state index contributed by atoms with van der Waals surface area (Å²) in [6, 6.07) is 5.55. The largest absolute Gasteiger partial charge is 0.448 e. The highest BCUT2D eigenvalue weighted by atomic mass is 16.6. The van der Waals surface area contributed by atoms with Gasteiger partial charge in [-0.05, 0) is 50.0 Å². The second-order valence-electron chi connectivity index (χ2n) is 6.19. The van der Waals surface area contributed by atoms with Crippen LogP contribution in [0.25, 0.3) is 6.08 Å². The van der Waals surface area contributed by atoms with Gasteiger partial charge in [-0.2, -0.15) is 0 Å². The Bertz CT molecular complexity index is 742. The minimum absolute atomic E-state index is 0.00726. The maximum Gasteiger partial charge on any atom is 0.429 e. The zero-order valence-corrected chi connectivity index (χ0v) is 15.2. The summed E-state index contributed by atoms with van der Waals surface area (Å²) in [5.74, 6) is 0. The zero-order chi connectivity index (χ0) is 19.6. The van der Waals surface area contributed by atoms with Gasteiger partial charge >= 0.3 is 12.2 Å². The van der Waals surface area contributed by atoms with E-state index < -0.39 is 17.1 Å². The number of hydrazine groups is 1. The number of nitro groups is 1. The van der Waals surface area contributed by atoms with Crippen molar-refractivity contribution in [3.8, 4) is 0 Å². The van der Waals surface area contributed by atoms with E-state index in [1.807, 2.05) is 6.08 Å². The predicted octanol–water partition coefficient (Wildman–Crippen LogP) is 3.35. The Balaban J connectivity index is 1.93. The predicted molar refractivity (Wildman–Crippen MR) is 95.6 cm³/mol. The molecule has 0 aromatic heterocycles. The van der Waals surface area contributed by atoms with Crippen LogP contribution in [-0.2, 0) is 9.47 Å². The summed E-state index contributed by atoms with van der Waals surface area (Å²) in [6.45, 7) is 3.80. The average Bonchev–Trinajstić information content (AvgIpc) is 3.17. The van der Waals surface area contributed by atoms with Gasteiger partial charge in [-0.1, -0.05) is 6.08 Å². The number of nitrogens with zero attached hydrogens (tertiary/aromatic N) is 3. The first-order valence-corrected chi connectivity index (χ1v) is 8.85. The molecule has 0 N–H and O–H groups in total. The Hall–Kier alpha value is -3.10. The number of carbonyl (C=O) groups excluding carboxylic acids is 2. The average molecular weight is 375 g/mol. The molecule has 1 aromatic rings. The molecule has 1 heterocycles. The topological polar surface area (TPSA) is 102 Å². The minimum atomic E-state index is -0.590. The first kappa shape index (κ1) is 18.7. The van der Waals surface area contributed by atoms with Crippen LogP contribution in [0.15, 0.2) is 29.8 Å². The number of fused-ring (bicyclic) bond motifs is 2. The lowest BCUT2D eigenvalue weighted by Crippen LogP contribution is -2.53. The van der Waals surface area contributed by atoms with Crippen molar-refractivity contribution >= 4 is 23.9 Å². The number of ether oxygens (including phenoxy) is 2. The maximum atomic E-state index is 12.4. The molecular weight excluding hydrogens is 354 g/mol. The van der Waals surface area contributed by atoms with Crippen molar-refractivity contribution < 1.29 is 24.0 Å². The number of benzene rings is 1. The molecule has 0 radical (unpaired) electrons. The summed E-state index contributed by atoms with van der Waals surface area (Å²) in [5, 5.41) is 13.5. The summed E-state index contributed by atoms with van der Waals surface area (Å²) >= 11 is 0. The molecule has 9 nitrogen and oxygen atoms in total. The fourth-order valence-corrected chi connectivity index (χ4v) is 3.59. The molecule has 144 valence electrons. The Labute approximate surface area is 156 Å². The van der Waals surface area contributed by atoms with Gasteiger partial charge in [0.1, 0.15) is 0 Å². The van der Waals surface area contributed by atoms with Crippen molar-refractivity contribution in [3.63, 3.8) is 0 Å². The monoisotopic (exact) mass is 375 g/mol. The third kappa shape index (κ3) is 3.44. The van der Waals surface area contributed by atoms with Gasteiger partial charge in [-0.3, -0.25) is 10.1 Å². The van der Waals surface area contributed by atoms with E-state index in [4.69, 9.17) is 9.47 Å². The Morgan fingerprint density at radius 1 is 1.07 bits per heavy atom. The lowest BCUT2D eigenvalue weighted by Gasteiger charge is -2.35. The first-order valence-electron chi connectivity index (χ1n) is 8.85. The van der Waals surface area contributed by atoms with E-state index >= 15 is 0 Å². The highest BCUT2D eigenvalue weighted by Crippen LogP contribution is 2.43. The fourth-order valence-electron chi connectivity index (χ4n) is 3.59. The second-order valence-corrected chi connectivity index (χ2v) is 6.19. The van der Waals surface area contributed by atoms with Gasteiger partial charge in [-0.25, -0.2) is 19.6 Å². The summed E-state index contributed by atoms with van der Waals surface area (Å²) in [7, 11) is 0. The molecule has 27 heavy (non-hydrogen) atoms. The van der Waals surface area contributed by atoms with Crippen LogP contribution in [0.2, 0.25) is 0 Å². The highest BCUT2D eigenvalue weighted by Gasteiger charge is 2.54. The van der Waals surface area contributed by atoms with Crippen molar-refractivity contribution in [1.29, 1.82) is 0 Å². The summed E-state index contributed by atoms with van der Waals surface area (Å²) in [4.78, 5) is 35.2. The van der Waals surface area contributed by atoms with E-state index in [1.54, 1.807) is 26.0 Å². The molecule has 1 saturated carbocycles. The summed E-state index contributed by atoms with van der Waals surface area (Å²) in [6.07, 6.45) is 2.10. The lowest BCUT2D eigenvalue weighted by atomic mass is 10.1. The maximum absolute atomic E-state index is 12.4. The Kier molecular flexibility index (Phi) is 5.29. The van der Waals surface area contributed by atoms with Gasteiger partial charge in [0.05, 0.1) is 30.2 Å². The highest BCUT2D eigenvalue weighted by molar-refractivity contribution is 5.79. The van der Waals surface area contributed by atoms with Crippen molar-refractivity contribution in [2.45, 2.75) is 38.8 Å². The molecule has 2 fully saturated rings. The third-order valence-electron chi connectivity index (χ3n) is 4.65. The SMILES string of the molecule is CCOC(=O)N1[C@@H]2CC[C@@H](C2=Cc2ccc([N+](=O)[O-])cc2)N1C(=O)OCC. The minimum Gasteiger partial charge on any atom is -0.448 e. The van der Waals surface area contributed by atoms with E-state index in [1.165, 1.54) is 22.2 Å². The van der Waals surface area contributed by atoms with E-state index in [0.29, 0.717) is 12.8 Å². The van der Waals surface area contributed by atoms with Crippen LogP contribution in [0.3, 0.4) is 0 Å². The molecule has 2 bridgehead atoms. The van der Waals surface area contributed by atoms with Crippen LogP contribution in [-0.4, -0.2) is 52.4 Å². The van der Waals surface area contributed by atoms with Gasteiger partial charge < -0.3 is 9.47 Å². The third-order valence-corrected chi connectivity index (χ3v) is 4.65. The molecule has 0 unspecified atom stereocenters. The van der Waals surface area contributed by atoms with Crippen LogP contribution in [0, 0.1) is 10.1 Å². The second kappa shape index (κ2) is 7.65. The quantitative estimate of drug-likeness (QED) is 0.591. The fraction of sp³-hybridized carbons (Fsp3) is 0.444. The number of carbonyl (C=O) groups is 2. The normalized spacial score (nSPS) is 22.2. The molecule has 2 aliphatic rings. The van der Waals surface area contributed by atoms with Gasteiger partial charge in [0.2, 0.25) is 0 Å². The molecule has 2 atom stereocenters. The van der Waals surface area contributed by atoms with Gasteiger partial charge in [-0.15, -0.1) is 0 Å². The van der Waals surface area contributed by atoms with Gasteiger partial charge in [0.25, 0.3) is 5.69 Å². The smallest absolute Gasteiger partial charge is 0.429 e. The van der Waals surface area contributed by atoms with E-state index in [-0.39, 0.29) is 31.0 Å². The number of rotatable bonds is 4. The molecule has 1 aliphatic heterocycles. The van der Waals surface area contributed by atoms with Crippen molar-refractivity contribution in [2.75, 3.05) is 13.2 Å². The van der Waals surface area contributed by atoms with Crippen molar-refractivity contribution in [2.24, 2.45) is 0 Å².